The zero-order chi connectivity index (χ0) is 20.3. The number of piperazine rings is 1. The number of methoxy groups -OCH3 is 2. The minimum atomic E-state index is 0.266. The third-order valence-corrected chi connectivity index (χ3v) is 5.72. The van der Waals surface area contributed by atoms with Gasteiger partial charge in [-0.3, -0.25) is 9.69 Å². The highest BCUT2D eigenvalue weighted by atomic mass is 16.5. The van der Waals surface area contributed by atoms with Crippen LogP contribution in [0.2, 0.25) is 0 Å². The van der Waals surface area contributed by atoms with Crippen molar-refractivity contribution >= 4 is 12.0 Å². The number of aldehydes is 1. The Kier molecular flexibility index (Phi) is 6.25. The normalized spacial score (nSPS) is 16.0. The zero-order valence-corrected chi connectivity index (χ0v) is 17.5. The van der Waals surface area contributed by atoms with Crippen molar-refractivity contribution in [3.63, 3.8) is 0 Å². The Bertz CT molecular complexity index is 819. The summed E-state index contributed by atoms with van der Waals surface area (Å²) in [6, 6.07) is 10.3. The highest BCUT2D eigenvalue weighted by molar-refractivity contribution is 5.78. The maximum atomic E-state index is 11.1. The van der Waals surface area contributed by atoms with Crippen molar-refractivity contribution in [2.45, 2.75) is 26.8 Å². The van der Waals surface area contributed by atoms with E-state index in [9.17, 15) is 4.79 Å². The van der Waals surface area contributed by atoms with Gasteiger partial charge in [0.2, 0.25) is 0 Å². The van der Waals surface area contributed by atoms with Crippen LogP contribution in [0.3, 0.4) is 0 Å². The molecule has 1 aliphatic heterocycles. The monoisotopic (exact) mass is 382 g/mol. The Morgan fingerprint density at radius 2 is 1.61 bits per heavy atom. The van der Waals surface area contributed by atoms with Crippen LogP contribution in [-0.4, -0.2) is 51.6 Å². The predicted octanol–water partition coefficient (Wildman–Crippen LogP) is 4.02. The molecule has 3 rings (SSSR count). The Balaban J connectivity index is 1.73. The smallest absolute Gasteiger partial charge is 0.150 e. The summed E-state index contributed by atoms with van der Waals surface area (Å²) < 4.78 is 10.9. The van der Waals surface area contributed by atoms with Crippen LogP contribution in [0.5, 0.6) is 11.5 Å². The predicted molar refractivity (Wildman–Crippen MR) is 113 cm³/mol. The van der Waals surface area contributed by atoms with E-state index in [1.54, 1.807) is 14.2 Å². The van der Waals surface area contributed by atoms with Crippen molar-refractivity contribution in [3.05, 3.63) is 52.6 Å². The topological polar surface area (TPSA) is 42.0 Å². The molecule has 0 aliphatic carbocycles. The van der Waals surface area contributed by atoms with E-state index in [2.05, 4.69) is 36.6 Å². The van der Waals surface area contributed by atoms with Crippen LogP contribution in [0.1, 0.15) is 40.0 Å². The number of aryl methyl sites for hydroxylation is 2. The number of hydrogen-bond donors (Lipinski definition) is 0. The van der Waals surface area contributed by atoms with Crippen LogP contribution in [0.15, 0.2) is 30.3 Å². The number of carbonyl (C=O) groups is 1. The number of nitrogens with zero attached hydrogens (tertiary/aromatic N) is 2. The van der Waals surface area contributed by atoms with Gasteiger partial charge in [0.05, 0.1) is 14.2 Å². The molecule has 28 heavy (non-hydrogen) atoms. The lowest BCUT2D eigenvalue weighted by Gasteiger charge is -2.40. The first kappa shape index (κ1) is 20.2. The summed E-state index contributed by atoms with van der Waals surface area (Å²) in [5.74, 6) is 1.67. The molecule has 2 aromatic carbocycles. The van der Waals surface area contributed by atoms with Gasteiger partial charge in [-0.1, -0.05) is 6.07 Å². The third-order valence-electron chi connectivity index (χ3n) is 5.72. The zero-order valence-electron chi connectivity index (χ0n) is 17.5. The minimum Gasteiger partial charge on any atom is -0.497 e. The molecule has 0 amide bonds. The van der Waals surface area contributed by atoms with Crippen molar-refractivity contribution in [1.82, 2.24) is 4.90 Å². The molecule has 1 heterocycles. The quantitative estimate of drug-likeness (QED) is 0.706. The maximum absolute atomic E-state index is 11.1. The molecule has 1 fully saturated rings. The molecule has 0 aromatic heterocycles. The van der Waals surface area contributed by atoms with Gasteiger partial charge in [0.25, 0.3) is 0 Å². The summed E-state index contributed by atoms with van der Waals surface area (Å²) in [6.07, 6.45) is 0.922. The molecule has 0 spiro atoms. The van der Waals surface area contributed by atoms with E-state index in [4.69, 9.17) is 9.47 Å². The van der Waals surface area contributed by atoms with E-state index in [0.717, 1.165) is 49.5 Å². The molecule has 1 unspecified atom stereocenters. The molecule has 1 saturated heterocycles. The molecule has 1 atom stereocenters. The minimum absolute atomic E-state index is 0.266. The van der Waals surface area contributed by atoms with Crippen LogP contribution < -0.4 is 14.4 Å². The molecular weight excluding hydrogens is 352 g/mol. The average molecular weight is 383 g/mol. The number of ether oxygens (including phenoxy) is 2. The fraction of sp³-hybridized carbons (Fsp3) is 0.435. The van der Waals surface area contributed by atoms with E-state index < -0.39 is 0 Å². The summed E-state index contributed by atoms with van der Waals surface area (Å²) >= 11 is 0. The lowest BCUT2D eigenvalue weighted by molar-refractivity contribution is 0.112. The summed E-state index contributed by atoms with van der Waals surface area (Å²) in [5, 5.41) is 0. The van der Waals surface area contributed by atoms with Crippen LogP contribution in [-0.2, 0) is 0 Å². The molecular formula is C23H30N2O3. The first-order chi connectivity index (χ1) is 13.5. The van der Waals surface area contributed by atoms with Gasteiger partial charge in [0, 0.05) is 55.1 Å². The molecule has 0 bridgehead atoms. The van der Waals surface area contributed by atoms with Gasteiger partial charge in [-0.2, -0.15) is 0 Å². The third kappa shape index (κ3) is 3.99. The van der Waals surface area contributed by atoms with Crippen molar-refractivity contribution in [3.8, 4) is 11.5 Å². The lowest BCUT2D eigenvalue weighted by atomic mass is 10.0. The molecule has 5 heteroatoms. The Morgan fingerprint density at radius 3 is 2.14 bits per heavy atom. The number of anilines is 1. The Labute approximate surface area is 167 Å². The highest BCUT2D eigenvalue weighted by Gasteiger charge is 2.25. The SMILES string of the molecule is COc1ccc(C(C)N2CCN(c3c(C)cc(C=O)cc3C)CC2)c(OC)c1. The van der Waals surface area contributed by atoms with Crippen molar-refractivity contribution < 1.29 is 14.3 Å². The van der Waals surface area contributed by atoms with Crippen LogP contribution in [0, 0.1) is 13.8 Å². The summed E-state index contributed by atoms with van der Waals surface area (Å²) in [6.45, 7) is 10.3. The highest BCUT2D eigenvalue weighted by Crippen LogP contribution is 2.34. The van der Waals surface area contributed by atoms with E-state index in [-0.39, 0.29) is 6.04 Å². The molecule has 0 saturated carbocycles. The van der Waals surface area contributed by atoms with Crippen LogP contribution in [0.25, 0.3) is 0 Å². The molecule has 2 aromatic rings. The second-order valence-electron chi connectivity index (χ2n) is 7.43. The summed E-state index contributed by atoms with van der Waals surface area (Å²) in [7, 11) is 3.38. The van der Waals surface area contributed by atoms with Gasteiger partial charge in [0.15, 0.2) is 0 Å². The first-order valence-corrected chi connectivity index (χ1v) is 9.75. The van der Waals surface area contributed by atoms with E-state index in [1.807, 2.05) is 24.3 Å². The van der Waals surface area contributed by atoms with E-state index >= 15 is 0 Å². The van der Waals surface area contributed by atoms with Gasteiger partial charge in [0.1, 0.15) is 17.8 Å². The summed E-state index contributed by atoms with van der Waals surface area (Å²) in [5.41, 5.74) is 5.53. The van der Waals surface area contributed by atoms with Crippen LogP contribution in [0.4, 0.5) is 5.69 Å². The molecule has 150 valence electrons. The Morgan fingerprint density at radius 1 is 0.964 bits per heavy atom. The van der Waals surface area contributed by atoms with E-state index in [0.29, 0.717) is 0 Å². The molecule has 5 nitrogen and oxygen atoms in total. The average Bonchev–Trinajstić information content (AvgIpc) is 2.72. The van der Waals surface area contributed by atoms with Crippen molar-refractivity contribution in [1.29, 1.82) is 0 Å². The first-order valence-electron chi connectivity index (χ1n) is 9.75. The second-order valence-corrected chi connectivity index (χ2v) is 7.43. The van der Waals surface area contributed by atoms with Gasteiger partial charge in [-0.05, 0) is 50.1 Å². The van der Waals surface area contributed by atoms with Gasteiger partial charge < -0.3 is 14.4 Å². The maximum Gasteiger partial charge on any atom is 0.150 e. The largest absolute Gasteiger partial charge is 0.497 e. The fourth-order valence-electron chi connectivity index (χ4n) is 4.25. The Hall–Kier alpha value is -2.53. The number of benzene rings is 2. The lowest BCUT2D eigenvalue weighted by Crippen LogP contribution is -2.47. The van der Waals surface area contributed by atoms with Gasteiger partial charge in [-0.25, -0.2) is 0 Å². The van der Waals surface area contributed by atoms with E-state index in [1.165, 1.54) is 22.4 Å². The van der Waals surface area contributed by atoms with Crippen molar-refractivity contribution in [2.75, 3.05) is 45.3 Å². The number of rotatable bonds is 6. The fourth-order valence-corrected chi connectivity index (χ4v) is 4.25. The second kappa shape index (κ2) is 8.65. The van der Waals surface area contributed by atoms with Crippen molar-refractivity contribution in [2.24, 2.45) is 0 Å². The number of carbonyl (C=O) groups excluding carboxylic acids is 1. The summed E-state index contributed by atoms with van der Waals surface area (Å²) in [4.78, 5) is 16.0. The molecule has 0 N–H and O–H groups in total. The molecule has 0 radical (unpaired) electrons. The standard InChI is InChI=1S/C23H30N2O3/c1-16-12-19(15-26)13-17(2)23(16)25-10-8-24(9-11-25)18(3)21-7-6-20(27-4)14-22(21)28-5/h6-7,12-15,18H,8-11H2,1-5H3. The number of hydrogen-bond acceptors (Lipinski definition) is 5. The van der Waals surface area contributed by atoms with Crippen LogP contribution >= 0.6 is 0 Å². The van der Waals surface area contributed by atoms with Gasteiger partial charge >= 0.3 is 0 Å². The molecule has 1 aliphatic rings. The van der Waals surface area contributed by atoms with Gasteiger partial charge in [-0.15, -0.1) is 0 Å².